The fourth-order valence-electron chi connectivity index (χ4n) is 2.86. The first kappa shape index (κ1) is 14.7. The second-order valence-corrected chi connectivity index (χ2v) is 5.96. The lowest BCUT2D eigenvalue weighted by molar-refractivity contribution is 0.00161. The summed E-state index contributed by atoms with van der Waals surface area (Å²) in [7, 11) is 0. The summed E-state index contributed by atoms with van der Waals surface area (Å²) >= 11 is 5.94. The van der Waals surface area contributed by atoms with Crippen molar-refractivity contribution in [2.45, 2.75) is 57.7 Å². The molecule has 1 aliphatic rings. The van der Waals surface area contributed by atoms with Crippen LogP contribution in [0.2, 0.25) is 5.02 Å². The maximum Gasteiger partial charge on any atom is 0.122 e. The van der Waals surface area contributed by atoms with E-state index in [1.54, 1.807) is 6.07 Å². The average Bonchev–Trinajstić information content (AvgIpc) is 2.66. The number of benzene rings is 1. The largest absolute Gasteiger partial charge is 0.488 e. The minimum absolute atomic E-state index is 0.193. The molecule has 0 aromatic heterocycles. The Kier molecular flexibility index (Phi) is 5.53. The third-order valence-corrected chi connectivity index (χ3v) is 4.22. The van der Waals surface area contributed by atoms with Crippen molar-refractivity contribution in [1.82, 2.24) is 0 Å². The highest BCUT2D eigenvalue weighted by Gasteiger charge is 2.26. The van der Waals surface area contributed by atoms with Crippen LogP contribution in [0.25, 0.3) is 0 Å². The lowest BCUT2D eigenvalue weighted by Crippen LogP contribution is -2.35. The highest BCUT2D eigenvalue weighted by Crippen LogP contribution is 2.28. The van der Waals surface area contributed by atoms with Crippen LogP contribution < -0.4 is 4.74 Å². The molecule has 1 saturated carbocycles. The summed E-state index contributed by atoms with van der Waals surface area (Å²) < 4.78 is 5.82. The molecule has 0 radical (unpaired) electrons. The van der Waals surface area contributed by atoms with Gasteiger partial charge in [0.15, 0.2) is 0 Å². The maximum absolute atomic E-state index is 10.4. The second-order valence-electron chi connectivity index (χ2n) is 5.52. The van der Waals surface area contributed by atoms with Gasteiger partial charge in [-0.15, -0.1) is 0 Å². The number of aliphatic hydroxyl groups is 1. The van der Waals surface area contributed by atoms with E-state index in [1.165, 1.54) is 25.7 Å². The van der Waals surface area contributed by atoms with Gasteiger partial charge in [0.25, 0.3) is 0 Å². The van der Waals surface area contributed by atoms with Gasteiger partial charge in [0.05, 0.1) is 6.10 Å². The van der Waals surface area contributed by atoms with Crippen LogP contribution in [0.15, 0.2) is 24.3 Å². The molecule has 1 aromatic rings. The van der Waals surface area contributed by atoms with Crippen molar-refractivity contribution in [3.05, 3.63) is 29.3 Å². The monoisotopic (exact) mass is 282 g/mol. The first-order valence-electron chi connectivity index (χ1n) is 7.27. The second kappa shape index (κ2) is 7.16. The molecule has 2 rings (SSSR count). The first-order chi connectivity index (χ1) is 9.16. The number of aliphatic hydroxyl groups excluding tert-OH is 1. The maximum atomic E-state index is 10.4. The van der Waals surface area contributed by atoms with Crippen LogP contribution in [0.1, 0.15) is 45.4 Å². The van der Waals surface area contributed by atoms with Crippen LogP contribution in [0, 0.1) is 5.92 Å². The van der Waals surface area contributed by atoms with Gasteiger partial charge < -0.3 is 9.84 Å². The summed E-state index contributed by atoms with van der Waals surface area (Å²) in [6.07, 6.45) is 6.70. The smallest absolute Gasteiger partial charge is 0.122 e. The minimum atomic E-state index is -0.392. The fraction of sp³-hybridized carbons (Fsp3) is 0.625. The van der Waals surface area contributed by atoms with Gasteiger partial charge in [-0.3, -0.25) is 0 Å². The number of hydrogen-bond donors (Lipinski definition) is 1. The highest BCUT2D eigenvalue weighted by atomic mass is 35.5. The summed E-state index contributed by atoms with van der Waals surface area (Å²) in [6.45, 7) is 1.94. The molecule has 0 aliphatic heterocycles. The summed E-state index contributed by atoms with van der Waals surface area (Å²) in [4.78, 5) is 0. The zero-order valence-electron chi connectivity index (χ0n) is 11.5. The van der Waals surface area contributed by atoms with E-state index in [0.29, 0.717) is 10.9 Å². The van der Waals surface area contributed by atoms with Crippen molar-refractivity contribution >= 4 is 11.6 Å². The Hall–Kier alpha value is -0.730. The molecule has 0 amide bonds. The normalized spacial score (nSPS) is 20.6. The Balaban J connectivity index is 1.92. The SMILES string of the molecule is CC(Oc1cccc(Cl)c1)C(O)C1CCCCCC1. The van der Waals surface area contributed by atoms with Crippen LogP contribution in [0.4, 0.5) is 0 Å². The molecule has 3 heteroatoms. The minimum Gasteiger partial charge on any atom is -0.488 e. The average molecular weight is 283 g/mol. The number of ether oxygens (including phenoxy) is 1. The van der Waals surface area contributed by atoms with Gasteiger partial charge in [0.1, 0.15) is 11.9 Å². The van der Waals surface area contributed by atoms with E-state index in [4.69, 9.17) is 16.3 Å². The van der Waals surface area contributed by atoms with Gasteiger partial charge in [-0.1, -0.05) is 43.4 Å². The van der Waals surface area contributed by atoms with Gasteiger partial charge in [-0.2, -0.15) is 0 Å². The summed E-state index contributed by atoms with van der Waals surface area (Å²) in [5.74, 6) is 1.10. The van der Waals surface area contributed by atoms with Crippen LogP contribution in [0.3, 0.4) is 0 Å². The zero-order chi connectivity index (χ0) is 13.7. The third kappa shape index (κ3) is 4.39. The molecule has 2 nitrogen and oxygen atoms in total. The molecule has 1 fully saturated rings. The zero-order valence-corrected chi connectivity index (χ0v) is 12.3. The molecule has 106 valence electrons. The molecule has 1 aromatic carbocycles. The molecule has 1 aliphatic carbocycles. The molecule has 0 spiro atoms. The Bertz CT molecular complexity index is 386. The van der Waals surface area contributed by atoms with E-state index in [0.717, 1.165) is 18.6 Å². The lowest BCUT2D eigenvalue weighted by atomic mass is 9.91. The Morgan fingerprint density at radius 1 is 1.21 bits per heavy atom. The fourth-order valence-corrected chi connectivity index (χ4v) is 3.04. The van der Waals surface area contributed by atoms with E-state index in [9.17, 15) is 5.11 Å². The van der Waals surface area contributed by atoms with Crippen molar-refractivity contribution in [1.29, 1.82) is 0 Å². The van der Waals surface area contributed by atoms with Gasteiger partial charge >= 0.3 is 0 Å². The summed E-state index contributed by atoms with van der Waals surface area (Å²) in [6, 6.07) is 7.35. The predicted molar refractivity (Wildman–Crippen MR) is 78.7 cm³/mol. The van der Waals surface area contributed by atoms with Gasteiger partial charge in [-0.25, -0.2) is 0 Å². The van der Waals surface area contributed by atoms with Gasteiger partial charge in [-0.05, 0) is 43.9 Å². The topological polar surface area (TPSA) is 29.5 Å². The summed E-state index contributed by atoms with van der Waals surface area (Å²) in [5, 5.41) is 11.1. The van der Waals surface area contributed by atoms with Crippen LogP contribution >= 0.6 is 11.6 Å². The number of hydrogen-bond acceptors (Lipinski definition) is 2. The molecule has 19 heavy (non-hydrogen) atoms. The van der Waals surface area contributed by atoms with Crippen molar-refractivity contribution < 1.29 is 9.84 Å². The first-order valence-corrected chi connectivity index (χ1v) is 7.65. The van der Waals surface area contributed by atoms with Gasteiger partial charge in [0.2, 0.25) is 0 Å². The summed E-state index contributed by atoms with van der Waals surface area (Å²) in [5.41, 5.74) is 0. The van der Waals surface area contributed by atoms with E-state index in [2.05, 4.69) is 0 Å². The predicted octanol–water partition coefficient (Wildman–Crippen LogP) is 4.44. The lowest BCUT2D eigenvalue weighted by Gasteiger charge is -2.27. The van der Waals surface area contributed by atoms with Crippen molar-refractivity contribution in [2.24, 2.45) is 5.92 Å². The molecule has 0 saturated heterocycles. The molecule has 1 N–H and O–H groups in total. The highest BCUT2D eigenvalue weighted by molar-refractivity contribution is 6.30. The Morgan fingerprint density at radius 3 is 2.53 bits per heavy atom. The van der Waals surface area contributed by atoms with E-state index in [1.807, 2.05) is 25.1 Å². The Labute approximate surface area is 120 Å². The molecular weight excluding hydrogens is 260 g/mol. The van der Waals surface area contributed by atoms with Gasteiger partial charge in [0, 0.05) is 5.02 Å². The molecule has 0 heterocycles. The van der Waals surface area contributed by atoms with E-state index >= 15 is 0 Å². The molecule has 0 bridgehead atoms. The van der Waals surface area contributed by atoms with E-state index in [-0.39, 0.29) is 6.10 Å². The third-order valence-electron chi connectivity index (χ3n) is 3.98. The van der Waals surface area contributed by atoms with Crippen LogP contribution in [-0.2, 0) is 0 Å². The van der Waals surface area contributed by atoms with Crippen molar-refractivity contribution in [3.8, 4) is 5.75 Å². The molecule has 2 atom stereocenters. The van der Waals surface area contributed by atoms with Crippen LogP contribution in [-0.4, -0.2) is 17.3 Å². The number of rotatable bonds is 4. The Morgan fingerprint density at radius 2 is 1.89 bits per heavy atom. The molecule has 2 unspecified atom stereocenters. The number of halogens is 1. The van der Waals surface area contributed by atoms with E-state index < -0.39 is 6.10 Å². The van der Waals surface area contributed by atoms with Crippen LogP contribution in [0.5, 0.6) is 5.75 Å². The van der Waals surface area contributed by atoms with Crippen molar-refractivity contribution in [3.63, 3.8) is 0 Å². The van der Waals surface area contributed by atoms with Crippen molar-refractivity contribution in [2.75, 3.05) is 0 Å². The molecular formula is C16H23ClO2. The quantitative estimate of drug-likeness (QED) is 0.828. The standard InChI is InChI=1S/C16H23ClO2/c1-12(19-15-10-6-9-14(17)11-15)16(18)13-7-4-2-3-5-8-13/h6,9-13,16,18H,2-5,7-8H2,1H3.